The summed E-state index contributed by atoms with van der Waals surface area (Å²) in [6, 6.07) is 14.7. The summed E-state index contributed by atoms with van der Waals surface area (Å²) < 4.78 is 15.6. The Balaban J connectivity index is 1.50. The van der Waals surface area contributed by atoms with E-state index in [0.29, 0.717) is 29.9 Å². The smallest absolute Gasteiger partial charge is 0.305 e. The van der Waals surface area contributed by atoms with Crippen molar-refractivity contribution in [1.82, 2.24) is 19.7 Å². The molecule has 5 rings (SSSR count). The lowest BCUT2D eigenvalue weighted by molar-refractivity contribution is -0.387. The molecule has 1 amide bonds. The van der Waals surface area contributed by atoms with Crippen LogP contribution >= 0.6 is 0 Å². The van der Waals surface area contributed by atoms with Crippen molar-refractivity contribution in [3.8, 4) is 0 Å². The molecule has 2 atom stereocenters. The van der Waals surface area contributed by atoms with E-state index < -0.39 is 28.4 Å². The Labute approximate surface area is 224 Å². The minimum Gasteiger partial charge on any atom is -0.389 e. The molecule has 10 nitrogen and oxygen atoms in total. The SMILES string of the molecule is CC1CN(Cc2ccc[nH]2)Cc2c(C(=O)Nc3cccc([C@H](C)O)c3)nn(Cc3ccc(F)c([N+](=O)[O-])c3)c21. The summed E-state index contributed by atoms with van der Waals surface area (Å²) in [5.41, 5.74) is 4.06. The largest absolute Gasteiger partial charge is 0.389 e. The van der Waals surface area contributed by atoms with Gasteiger partial charge in [0.15, 0.2) is 5.69 Å². The lowest BCUT2D eigenvalue weighted by Gasteiger charge is -2.31. The molecule has 11 heteroatoms. The molecule has 1 aliphatic rings. The van der Waals surface area contributed by atoms with Gasteiger partial charge >= 0.3 is 5.69 Å². The third kappa shape index (κ3) is 5.59. The zero-order valence-electron chi connectivity index (χ0n) is 21.6. The Morgan fingerprint density at radius 3 is 2.79 bits per heavy atom. The number of nitro benzene ring substituents is 1. The van der Waals surface area contributed by atoms with E-state index in [1.165, 1.54) is 12.1 Å². The second-order valence-corrected chi connectivity index (χ2v) is 9.93. The number of H-pyrrole nitrogens is 1. The zero-order chi connectivity index (χ0) is 27.7. The molecule has 2 aromatic carbocycles. The molecule has 0 spiro atoms. The van der Waals surface area contributed by atoms with E-state index >= 15 is 0 Å². The van der Waals surface area contributed by atoms with E-state index in [-0.39, 0.29) is 18.2 Å². The van der Waals surface area contributed by atoms with Crippen LogP contribution in [0.4, 0.5) is 15.8 Å². The number of carbonyl (C=O) groups is 1. The van der Waals surface area contributed by atoms with Crippen molar-refractivity contribution < 1.29 is 19.2 Å². The van der Waals surface area contributed by atoms with Crippen LogP contribution < -0.4 is 5.32 Å². The first-order valence-electron chi connectivity index (χ1n) is 12.7. The zero-order valence-corrected chi connectivity index (χ0v) is 21.6. The van der Waals surface area contributed by atoms with Gasteiger partial charge in [-0.25, -0.2) is 0 Å². The van der Waals surface area contributed by atoms with Gasteiger partial charge in [0.05, 0.1) is 17.6 Å². The number of hydrogen-bond acceptors (Lipinski definition) is 6. The summed E-state index contributed by atoms with van der Waals surface area (Å²) in [4.78, 5) is 29.5. The van der Waals surface area contributed by atoms with Crippen molar-refractivity contribution in [1.29, 1.82) is 0 Å². The number of benzene rings is 2. The Kier molecular flexibility index (Phi) is 7.27. The highest BCUT2D eigenvalue weighted by molar-refractivity contribution is 6.04. The van der Waals surface area contributed by atoms with Crippen LogP contribution in [-0.4, -0.2) is 42.1 Å². The highest BCUT2D eigenvalue weighted by Gasteiger charge is 2.32. The van der Waals surface area contributed by atoms with Crippen LogP contribution in [0.15, 0.2) is 60.8 Å². The highest BCUT2D eigenvalue weighted by atomic mass is 19.1. The Bertz CT molecular complexity index is 1510. The van der Waals surface area contributed by atoms with Gasteiger partial charge in [-0.2, -0.15) is 9.49 Å². The molecule has 3 heterocycles. The molecular weight excluding hydrogens is 503 g/mol. The Hall–Kier alpha value is -4.35. The number of aromatic nitrogens is 3. The maximum absolute atomic E-state index is 13.9. The number of rotatable bonds is 8. The van der Waals surface area contributed by atoms with Crippen molar-refractivity contribution in [2.45, 2.75) is 45.5 Å². The second-order valence-electron chi connectivity index (χ2n) is 9.93. The summed E-state index contributed by atoms with van der Waals surface area (Å²) in [6.07, 6.45) is 1.19. The van der Waals surface area contributed by atoms with Crippen LogP contribution in [-0.2, 0) is 19.6 Å². The van der Waals surface area contributed by atoms with Crippen LogP contribution in [0.25, 0.3) is 0 Å². The molecule has 39 heavy (non-hydrogen) atoms. The number of nitro groups is 1. The van der Waals surface area contributed by atoms with Crippen LogP contribution in [0.5, 0.6) is 0 Å². The summed E-state index contributed by atoms with van der Waals surface area (Å²) >= 11 is 0. The Morgan fingerprint density at radius 1 is 1.26 bits per heavy atom. The van der Waals surface area contributed by atoms with Gasteiger partial charge in [0.25, 0.3) is 5.91 Å². The van der Waals surface area contributed by atoms with Crippen LogP contribution in [0.2, 0.25) is 0 Å². The number of hydrogen-bond donors (Lipinski definition) is 3. The lowest BCUT2D eigenvalue weighted by Crippen LogP contribution is -2.34. The van der Waals surface area contributed by atoms with Gasteiger partial charge in [0, 0.05) is 60.5 Å². The molecule has 0 saturated carbocycles. The number of nitrogens with one attached hydrogen (secondary N) is 2. The molecule has 1 aliphatic heterocycles. The van der Waals surface area contributed by atoms with E-state index in [9.17, 15) is 24.4 Å². The monoisotopic (exact) mass is 532 g/mol. The van der Waals surface area contributed by atoms with Gasteiger partial charge in [0.2, 0.25) is 5.82 Å². The molecule has 3 N–H and O–H groups in total. The van der Waals surface area contributed by atoms with Crippen LogP contribution in [0.3, 0.4) is 0 Å². The molecule has 0 saturated heterocycles. The minimum atomic E-state index is -0.904. The average Bonchev–Trinajstić information content (AvgIpc) is 3.53. The first-order chi connectivity index (χ1) is 18.7. The van der Waals surface area contributed by atoms with Crippen molar-refractivity contribution in [3.05, 3.63) is 110 Å². The van der Waals surface area contributed by atoms with E-state index in [1.807, 2.05) is 18.3 Å². The normalized spacial score (nSPS) is 16.1. The third-order valence-corrected chi connectivity index (χ3v) is 6.91. The number of aliphatic hydroxyl groups is 1. The fourth-order valence-electron chi connectivity index (χ4n) is 5.15. The van der Waals surface area contributed by atoms with Gasteiger partial charge in [0.1, 0.15) is 0 Å². The molecule has 0 aliphatic carbocycles. The predicted octanol–water partition coefficient (Wildman–Crippen LogP) is 4.73. The number of amides is 1. The first kappa shape index (κ1) is 26.3. The minimum absolute atomic E-state index is 0.00626. The van der Waals surface area contributed by atoms with Gasteiger partial charge in [-0.3, -0.25) is 24.5 Å². The molecule has 1 unspecified atom stereocenters. The van der Waals surface area contributed by atoms with Crippen molar-refractivity contribution in [2.75, 3.05) is 11.9 Å². The third-order valence-electron chi connectivity index (χ3n) is 6.91. The molecule has 4 aromatic rings. The van der Waals surface area contributed by atoms with Gasteiger partial charge in [-0.05, 0) is 48.4 Å². The molecule has 2 aromatic heterocycles. The molecule has 0 bridgehead atoms. The Morgan fingerprint density at radius 2 is 2.08 bits per heavy atom. The average molecular weight is 533 g/mol. The molecule has 0 radical (unpaired) electrons. The number of aliphatic hydroxyl groups excluding tert-OH is 1. The summed E-state index contributed by atoms with van der Waals surface area (Å²) in [5, 5.41) is 28.8. The van der Waals surface area contributed by atoms with Gasteiger partial charge in [-0.1, -0.05) is 25.1 Å². The van der Waals surface area contributed by atoms with E-state index in [4.69, 9.17) is 0 Å². The van der Waals surface area contributed by atoms with Gasteiger partial charge in [-0.15, -0.1) is 0 Å². The van der Waals surface area contributed by atoms with E-state index in [2.05, 4.69) is 27.2 Å². The van der Waals surface area contributed by atoms with Crippen molar-refractivity contribution in [3.63, 3.8) is 0 Å². The number of carbonyl (C=O) groups excluding carboxylic acids is 1. The number of anilines is 1. The summed E-state index contributed by atoms with van der Waals surface area (Å²) in [7, 11) is 0. The number of aromatic amines is 1. The van der Waals surface area contributed by atoms with Crippen molar-refractivity contribution in [2.24, 2.45) is 0 Å². The van der Waals surface area contributed by atoms with E-state index in [0.717, 1.165) is 29.6 Å². The summed E-state index contributed by atoms with van der Waals surface area (Å²) in [5.74, 6) is -1.29. The first-order valence-corrected chi connectivity index (χ1v) is 12.7. The van der Waals surface area contributed by atoms with Gasteiger partial charge < -0.3 is 15.4 Å². The molecular formula is C28H29FN6O4. The number of halogens is 1. The molecule has 202 valence electrons. The number of fused-ring (bicyclic) bond motifs is 1. The highest BCUT2D eigenvalue weighted by Crippen LogP contribution is 2.33. The standard InChI is InChI=1S/C28H29FN6O4/c1-17-13-33(15-22-7-4-10-30-22)16-23-26(28(37)31-21-6-3-5-20(12-21)18(2)36)32-34(27(17)23)14-19-8-9-24(29)25(11-19)35(38)39/h3-12,17-18,30,36H,13-16H2,1-2H3,(H,31,37)/t17?,18-/m0/s1. The van der Waals surface area contributed by atoms with Crippen molar-refractivity contribution >= 4 is 17.3 Å². The summed E-state index contributed by atoms with van der Waals surface area (Å²) in [6.45, 7) is 5.73. The fourth-order valence-corrected chi connectivity index (χ4v) is 5.15. The lowest BCUT2D eigenvalue weighted by atomic mass is 9.95. The quantitative estimate of drug-likeness (QED) is 0.222. The number of nitrogens with zero attached hydrogens (tertiary/aromatic N) is 4. The fraction of sp³-hybridized carbons (Fsp3) is 0.286. The predicted molar refractivity (Wildman–Crippen MR) is 143 cm³/mol. The van der Waals surface area contributed by atoms with E-state index in [1.54, 1.807) is 35.9 Å². The second kappa shape index (κ2) is 10.8. The topological polar surface area (TPSA) is 129 Å². The molecule has 0 fully saturated rings. The maximum Gasteiger partial charge on any atom is 0.305 e. The van der Waals surface area contributed by atoms with Crippen LogP contribution in [0, 0.1) is 15.9 Å². The maximum atomic E-state index is 13.9. The van der Waals surface area contributed by atoms with Crippen LogP contribution in [0.1, 0.15) is 64.4 Å².